The summed E-state index contributed by atoms with van der Waals surface area (Å²) in [6.45, 7) is 0.981. The molecule has 0 radical (unpaired) electrons. The molecule has 0 bridgehead atoms. The van der Waals surface area contributed by atoms with E-state index in [2.05, 4.69) is 10.6 Å². The highest BCUT2D eigenvalue weighted by Crippen LogP contribution is 2.37. The van der Waals surface area contributed by atoms with Crippen molar-refractivity contribution in [2.75, 3.05) is 0 Å². The molecule has 2 aliphatic rings. The van der Waals surface area contributed by atoms with Crippen molar-refractivity contribution in [1.29, 1.82) is 0 Å². The Bertz CT molecular complexity index is 709. The highest BCUT2D eigenvalue weighted by molar-refractivity contribution is 6.11. The first kappa shape index (κ1) is 11.2. The Morgan fingerprint density at radius 2 is 1.20 bits per heavy atom. The zero-order valence-corrected chi connectivity index (χ0v) is 10.7. The Labute approximate surface area is 115 Å². The Hall–Kier alpha value is -2.62. The number of amides is 2. The molecule has 2 heterocycles. The normalized spacial score (nSPS) is 15.6. The van der Waals surface area contributed by atoms with Crippen molar-refractivity contribution in [2.24, 2.45) is 0 Å². The predicted molar refractivity (Wildman–Crippen MR) is 74.2 cm³/mol. The number of hydrogen-bond donors (Lipinski definition) is 2. The summed E-state index contributed by atoms with van der Waals surface area (Å²) in [5.74, 6) is -0.252. The summed E-state index contributed by atoms with van der Waals surface area (Å²) in [6.07, 6.45) is 0. The van der Waals surface area contributed by atoms with Crippen LogP contribution in [0.2, 0.25) is 0 Å². The molecule has 0 aliphatic carbocycles. The van der Waals surface area contributed by atoms with E-state index in [1.165, 1.54) is 0 Å². The molecule has 0 aromatic heterocycles. The van der Waals surface area contributed by atoms with Gasteiger partial charge in [-0.3, -0.25) is 9.59 Å². The zero-order valence-electron chi connectivity index (χ0n) is 10.7. The number of benzene rings is 2. The summed E-state index contributed by atoms with van der Waals surface area (Å²) in [5.41, 5.74) is 5.05. The third kappa shape index (κ3) is 1.42. The molecule has 98 valence electrons. The summed E-state index contributed by atoms with van der Waals surface area (Å²) in [5, 5.41) is 5.81. The molecule has 4 heteroatoms. The van der Waals surface area contributed by atoms with E-state index in [0.29, 0.717) is 24.2 Å². The number of carbonyl (C=O) groups is 2. The lowest BCUT2D eigenvalue weighted by Gasteiger charge is -2.12. The van der Waals surface area contributed by atoms with Gasteiger partial charge in [-0.15, -0.1) is 0 Å². The molecule has 0 saturated carbocycles. The highest BCUT2D eigenvalue weighted by Gasteiger charge is 2.28. The lowest BCUT2D eigenvalue weighted by molar-refractivity contribution is 0.0951. The standard InChI is InChI=1S/C16H12N2O2/c19-15-11-5-2-6-12-14(11)13-9(7-17-15)3-1-4-10(13)8-18-16(12)20/h1-6H,7-8H2,(H,17,19)(H,18,20). The molecule has 4 rings (SSSR count). The van der Waals surface area contributed by atoms with E-state index in [9.17, 15) is 9.59 Å². The lowest BCUT2D eigenvalue weighted by Crippen LogP contribution is -2.24. The fraction of sp³-hybridized carbons (Fsp3) is 0.125. The summed E-state index contributed by atoms with van der Waals surface area (Å²) in [7, 11) is 0. The Morgan fingerprint density at radius 3 is 1.75 bits per heavy atom. The van der Waals surface area contributed by atoms with Gasteiger partial charge in [0.15, 0.2) is 0 Å². The van der Waals surface area contributed by atoms with Crippen LogP contribution in [0.25, 0.3) is 11.1 Å². The van der Waals surface area contributed by atoms with Crippen molar-refractivity contribution in [2.45, 2.75) is 13.1 Å². The van der Waals surface area contributed by atoms with Crippen LogP contribution in [-0.4, -0.2) is 11.8 Å². The molecular formula is C16H12N2O2. The minimum atomic E-state index is -0.126. The highest BCUT2D eigenvalue weighted by atomic mass is 16.2. The van der Waals surface area contributed by atoms with E-state index in [-0.39, 0.29) is 11.8 Å². The molecule has 2 aromatic rings. The average Bonchev–Trinajstić information content (AvgIpc) is 2.72. The number of nitrogens with one attached hydrogen (secondary N) is 2. The van der Waals surface area contributed by atoms with Gasteiger partial charge in [-0.2, -0.15) is 0 Å². The zero-order chi connectivity index (χ0) is 13.7. The maximum Gasteiger partial charge on any atom is 0.252 e. The summed E-state index contributed by atoms with van der Waals surface area (Å²) in [6, 6.07) is 11.3. The van der Waals surface area contributed by atoms with Crippen LogP contribution < -0.4 is 10.6 Å². The fourth-order valence-corrected chi connectivity index (χ4v) is 3.01. The quantitative estimate of drug-likeness (QED) is 0.762. The molecule has 4 nitrogen and oxygen atoms in total. The van der Waals surface area contributed by atoms with Crippen LogP contribution in [0.1, 0.15) is 31.8 Å². The Morgan fingerprint density at radius 1 is 0.700 bits per heavy atom. The minimum absolute atomic E-state index is 0.126. The second kappa shape index (κ2) is 3.93. The molecule has 20 heavy (non-hydrogen) atoms. The van der Waals surface area contributed by atoms with E-state index in [4.69, 9.17) is 0 Å². The van der Waals surface area contributed by atoms with Gasteiger partial charge in [0.1, 0.15) is 0 Å². The van der Waals surface area contributed by atoms with Gasteiger partial charge in [-0.1, -0.05) is 24.3 Å². The van der Waals surface area contributed by atoms with Gasteiger partial charge in [0, 0.05) is 29.8 Å². The van der Waals surface area contributed by atoms with Gasteiger partial charge in [0.05, 0.1) is 0 Å². The van der Waals surface area contributed by atoms with E-state index in [1.54, 1.807) is 18.2 Å². The SMILES string of the molecule is O=C1NCc2cccc3c2-c2c1cccc2C(=O)NC3. The second-order valence-corrected chi connectivity index (χ2v) is 5.04. The third-order valence-electron chi connectivity index (χ3n) is 3.92. The predicted octanol–water partition coefficient (Wildman–Crippen LogP) is 1.84. The molecule has 0 atom stereocenters. The molecule has 0 unspecified atom stereocenters. The first-order valence-electron chi connectivity index (χ1n) is 6.56. The van der Waals surface area contributed by atoms with Crippen molar-refractivity contribution in [1.82, 2.24) is 10.6 Å². The van der Waals surface area contributed by atoms with Gasteiger partial charge in [-0.05, 0) is 28.8 Å². The Balaban J connectivity index is 2.18. The van der Waals surface area contributed by atoms with Crippen LogP contribution >= 0.6 is 0 Å². The van der Waals surface area contributed by atoms with E-state index in [0.717, 1.165) is 22.3 Å². The van der Waals surface area contributed by atoms with E-state index >= 15 is 0 Å². The Kier molecular flexibility index (Phi) is 2.21. The molecule has 0 fully saturated rings. The molecule has 2 N–H and O–H groups in total. The van der Waals surface area contributed by atoms with Gasteiger partial charge < -0.3 is 10.6 Å². The van der Waals surface area contributed by atoms with Crippen molar-refractivity contribution in [3.63, 3.8) is 0 Å². The number of carbonyl (C=O) groups excluding carboxylic acids is 2. The smallest absolute Gasteiger partial charge is 0.252 e. The van der Waals surface area contributed by atoms with Gasteiger partial charge in [0.25, 0.3) is 11.8 Å². The van der Waals surface area contributed by atoms with Crippen LogP contribution in [-0.2, 0) is 13.1 Å². The molecule has 0 spiro atoms. The van der Waals surface area contributed by atoms with Crippen LogP contribution in [0, 0.1) is 0 Å². The van der Waals surface area contributed by atoms with Gasteiger partial charge in [0.2, 0.25) is 0 Å². The first-order chi connectivity index (χ1) is 9.75. The second-order valence-electron chi connectivity index (χ2n) is 5.04. The summed E-state index contributed by atoms with van der Waals surface area (Å²) >= 11 is 0. The molecule has 2 amide bonds. The number of rotatable bonds is 0. The van der Waals surface area contributed by atoms with Crippen LogP contribution in [0.5, 0.6) is 0 Å². The molecule has 2 aromatic carbocycles. The van der Waals surface area contributed by atoms with E-state index in [1.807, 2.05) is 18.2 Å². The molecule has 2 aliphatic heterocycles. The van der Waals surface area contributed by atoms with Crippen LogP contribution in [0.15, 0.2) is 36.4 Å². The lowest BCUT2D eigenvalue weighted by atomic mass is 9.89. The monoisotopic (exact) mass is 264 g/mol. The maximum absolute atomic E-state index is 12.2. The minimum Gasteiger partial charge on any atom is -0.348 e. The van der Waals surface area contributed by atoms with Crippen molar-refractivity contribution < 1.29 is 9.59 Å². The van der Waals surface area contributed by atoms with Gasteiger partial charge >= 0.3 is 0 Å². The van der Waals surface area contributed by atoms with E-state index < -0.39 is 0 Å². The van der Waals surface area contributed by atoms with Crippen molar-refractivity contribution in [3.05, 3.63) is 58.7 Å². The number of hydrogen-bond acceptors (Lipinski definition) is 2. The third-order valence-corrected chi connectivity index (χ3v) is 3.92. The van der Waals surface area contributed by atoms with Crippen LogP contribution in [0.3, 0.4) is 0 Å². The first-order valence-corrected chi connectivity index (χ1v) is 6.56. The molecular weight excluding hydrogens is 252 g/mol. The van der Waals surface area contributed by atoms with Crippen molar-refractivity contribution in [3.8, 4) is 11.1 Å². The van der Waals surface area contributed by atoms with Crippen molar-refractivity contribution >= 4 is 11.8 Å². The van der Waals surface area contributed by atoms with Crippen LogP contribution in [0.4, 0.5) is 0 Å². The maximum atomic E-state index is 12.2. The summed E-state index contributed by atoms with van der Waals surface area (Å²) < 4.78 is 0. The topological polar surface area (TPSA) is 58.2 Å². The molecule has 0 saturated heterocycles. The summed E-state index contributed by atoms with van der Waals surface area (Å²) in [4.78, 5) is 24.5. The largest absolute Gasteiger partial charge is 0.348 e. The van der Waals surface area contributed by atoms with Gasteiger partial charge in [-0.25, -0.2) is 0 Å². The average molecular weight is 264 g/mol. The fourth-order valence-electron chi connectivity index (χ4n) is 3.01.